The molecule has 1 fully saturated rings. The van der Waals surface area contributed by atoms with Gasteiger partial charge in [-0.3, -0.25) is 14.6 Å². The number of ether oxygens (including phenoxy) is 1. The van der Waals surface area contributed by atoms with E-state index in [0.29, 0.717) is 43.0 Å². The fraction of sp³-hybridized carbons (Fsp3) is 0.680. The minimum atomic E-state index is -0.884. The smallest absolute Gasteiger partial charge is 0.414 e. The number of anilines is 1. The molecule has 2 aliphatic rings. The van der Waals surface area contributed by atoms with E-state index in [-0.39, 0.29) is 5.78 Å². The number of likely N-dealkylation sites (tertiary alicyclic amines) is 1. The lowest BCUT2D eigenvalue weighted by Crippen LogP contribution is -2.53. The van der Waals surface area contributed by atoms with Gasteiger partial charge in [-0.2, -0.15) is 0 Å². The molecule has 1 saturated heterocycles. The van der Waals surface area contributed by atoms with Crippen LogP contribution in [0, 0.1) is 11.7 Å². The average Bonchev–Trinajstić information content (AvgIpc) is 2.79. The average molecular weight is 433 g/mol. The molecule has 2 atom stereocenters. The Morgan fingerprint density at radius 1 is 1.29 bits per heavy atom. The van der Waals surface area contributed by atoms with Crippen molar-refractivity contribution in [3.8, 4) is 0 Å². The van der Waals surface area contributed by atoms with Crippen LogP contribution in [0.2, 0.25) is 0 Å². The SMILES string of the molecule is CCN(C(=O)OC(C)(C)C)c1cc(F)cc2c1CCCC(=O)C2(C)N1CCCC(C)C1. The summed E-state index contributed by atoms with van der Waals surface area (Å²) in [5, 5.41) is 0. The predicted molar refractivity (Wildman–Crippen MR) is 121 cm³/mol. The molecule has 0 aromatic heterocycles. The molecule has 1 aliphatic carbocycles. The topological polar surface area (TPSA) is 49.9 Å². The van der Waals surface area contributed by atoms with Crippen LogP contribution in [0.15, 0.2) is 12.1 Å². The molecule has 1 amide bonds. The number of ketones is 1. The van der Waals surface area contributed by atoms with Gasteiger partial charge in [-0.15, -0.1) is 0 Å². The molecule has 5 nitrogen and oxygen atoms in total. The van der Waals surface area contributed by atoms with Gasteiger partial charge in [0.1, 0.15) is 17.0 Å². The van der Waals surface area contributed by atoms with Gasteiger partial charge in [0.15, 0.2) is 5.78 Å². The highest BCUT2D eigenvalue weighted by Crippen LogP contribution is 2.42. The van der Waals surface area contributed by atoms with Crippen LogP contribution in [-0.4, -0.2) is 42.0 Å². The zero-order chi connectivity index (χ0) is 23.0. The fourth-order valence-electron chi connectivity index (χ4n) is 5.04. The fourth-order valence-corrected chi connectivity index (χ4v) is 5.04. The summed E-state index contributed by atoms with van der Waals surface area (Å²) in [4.78, 5) is 30.1. The monoisotopic (exact) mass is 432 g/mol. The Hall–Kier alpha value is -1.95. The van der Waals surface area contributed by atoms with Crippen LogP contribution in [0.4, 0.5) is 14.9 Å². The summed E-state index contributed by atoms with van der Waals surface area (Å²) in [6.07, 6.45) is 3.46. The van der Waals surface area contributed by atoms with Crippen LogP contribution in [0.25, 0.3) is 0 Å². The third kappa shape index (κ3) is 4.79. The van der Waals surface area contributed by atoms with E-state index in [1.54, 1.807) is 0 Å². The molecule has 3 rings (SSSR count). The van der Waals surface area contributed by atoms with E-state index < -0.39 is 23.1 Å². The first kappa shape index (κ1) is 23.7. The van der Waals surface area contributed by atoms with Crippen LogP contribution >= 0.6 is 0 Å². The lowest BCUT2D eigenvalue weighted by atomic mass is 9.80. The quantitative estimate of drug-likeness (QED) is 0.597. The van der Waals surface area contributed by atoms with Crippen molar-refractivity contribution >= 4 is 17.6 Å². The standard InChI is InChI=1S/C25H37FN2O3/c1-7-28(23(30)31-24(3,4)5)21-15-18(26)14-20-19(21)11-8-12-22(29)25(20,6)27-13-9-10-17(2)16-27/h14-15,17H,7-13,16H2,1-6H3. The second-order valence-electron chi connectivity index (χ2n) is 10.2. The van der Waals surface area contributed by atoms with Crippen molar-refractivity contribution in [3.63, 3.8) is 0 Å². The molecule has 0 bridgehead atoms. The zero-order valence-corrected chi connectivity index (χ0v) is 19.9. The number of hydrogen-bond donors (Lipinski definition) is 0. The van der Waals surface area contributed by atoms with Crippen LogP contribution in [0.3, 0.4) is 0 Å². The molecule has 1 aliphatic heterocycles. The van der Waals surface area contributed by atoms with Crippen LogP contribution in [-0.2, 0) is 21.5 Å². The lowest BCUT2D eigenvalue weighted by molar-refractivity contribution is -0.132. The van der Waals surface area contributed by atoms with E-state index in [4.69, 9.17) is 4.74 Å². The number of carbonyl (C=O) groups excluding carboxylic acids is 2. The highest BCUT2D eigenvalue weighted by Gasteiger charge is 2.45. The maximum absolute atomic E-state index is 15.0. The van der Waals surface area contributed by atoms with Gasteiger partial charge < -0.3 is 4.74 Å². The van der Waals surface area contributed by atoms with Gasteiger partial charge >= 0.3 is 6.09 Å². The van der Waals surface area contributed by atoms with E-state index in [0.717, 1.165) is 31.5 Å². The zero-order valence-electron chi connectivity index (χ0n) is 19.9. The van der Waals surface area contributed by atoms with Crippen molar-refractivity contribution in [1.29, 1.82) is 0 Å². The van der Waals surface area contributed by atoms with Crippen molar-refractivity contribution < 1.29 is 18.7 Å². The van der Waals surface area contributed by atoms with Gasteiger partial charge in [0, 0.05) is 19.5 Å². The van der Waals surface area contributed by atoms with Crippen LogP contribution < -0.4 is 4.90 Å². The summed E-state index contributed by atoms with van der Waals surface area (Å²) < 4.78 is 20.6. The molecule has 1 heterocycles. The molecule has 2 unspecified atom stereocenters. The van der Waals surface area contributed by atoms with Gasteiger partial charge in [-0.25, -0.2) is 9.18 Å². The molecule has 0 saturated carbocycles. The number of halogens is 1. The second-order valence-corrected chi connectivity index (χ2v) is 10.2. The number of rotatable bonds is 3. The number of piperidine rings is 1. The van der Waals surface area contributed by atoms with E-state index in [2.05, 4.69) is 11.8 Å². The molecular weight excluding hydrogens is 395 g/mol. The number of amides is 1. The molecule has 0 spiro atoms. The number of Topliss-reactive ketones (excluding diaryl/α,β-unsaturated/α-hetero) is 1. The largest absolute Gasteiger partial charge is 0.443 e. The molecule has 0 radical (unpaired) electrons. The number of hydrogen-bond acceptors (Lipinski definition) is 4. The van der Waals surface area contributed by atoms with E-state index in [1.165, 1.54) is 17.0 Å². The summed E-state index contributed by atoms with van der Waals surface area (Å²) in [5.74, 6) is 0.200. The number of carbonyl (C=O) groups is 2. The summed E-state index contributed by atoms with van der Waals surface area (Å²) in [5.41, 5.74) is 0.591. The summed E-state index contributed by atoms with van der Waals surface area (Å²) in [6.45, 7) is 13.5. The Kier molecular flexibility index (Phi) is 6.80. The van der Waals surface area contributed by atoms with Crippen LogP contribution in [0.5, 0.6) is 0 Å². The maximum Gasteiger partial charge on any atom is 0.414 e. The number of fused-ring (bicyclic) bond motifs is 1. The highest BCUT2D eigenvalue weighted by molar-refractivity contribution is 5.93. The predicted octanol–water partition coefficient (Wildman–Crippen LogP) is 5.44. The first-order valence-electron chi connectivity index (χ1n) is 11.6. The molecule has 1 aromatic rings. The Morgan fingerprint density at radius 2 is 2.00 bits per heavy atom. The van der Waals surface area contributed by atoms with E-state index in [9.17, 15) is 14.0 Å². The molecule has 172 valence electrons. The summed E-state index contributed by atoms with van der Waals surface area (Å²) in [7, 11) is 0. The summed E-state index contributed by atoms with van der Waals surface area (Å²) in [6, 6.07) is 2.94. The normalized spacial score (nSPS) is 25.0. The van der Waals surface area contributed by atoms with Crippen molar-refractivity contribution in [1.82, 2.24) is 4.90 Å². The number of nitrogens with zero attached hydrogens (tertiary/aromatic N) is 2. The minimum absolute atomic E-state index is 0.136. The Balaban J connectivity index is 2.14. The van der Waals surface area contributed by atoms with Crippen LogP contribution in [0.1, 0.15) is 78.4 Å². The van der Waals surface area contributed by atoms with Gasteiger partial charge in [-0.1, -0.05) is 6.92 Å². The van der Waals surface area contributed by atoms with Gasteiger partial charge in [0.25, 0.3) is 0 Å². The van der Waals surface area contributed by atoms with Crippen molar-refractivity contribution in [2.75, 3.05) is 24.5 Å². The molecular formula is C25H37FN2O3. The third-order valence-electron chi connectivity index (χ3n) is 6.60. The van der Waals surface area contributed by atoms with Gasteiger partial charge in [0.05, 0.1) is 5.69 Å². The van der Waals surface area contributed by atoms with Gasteiger partial charge in [-0.05, 0) is 96.0 Å². The van der Waals surface area contributed by atoms with Crippen molar-refractivity contribution in [2.24, 2.45) is 5.92 Å². The Labute approximate surface area is 185 Å². The molecule has 6 heteroatoms. The number of benzene rings is 1. The first-order valence-corrected chi connectivity index (χ1v) is 11.6. The van der Waals surface area contributed by atoms with E-state index >= 15 is 0 Å². The maximum atomic E-state index is 15.0. The summed E-state index contributed by atoms with van der Waals surface area (Å²) >= 11 is 0. The highest BCUT2D eigenvalue weighted by atomic mass is 19.1. The van der Waals surface area contributed by atoms with Crippen molar-refractivity contribution in [2.45, 2.75) is 84.8 Å². The second kappa shape index (κ2) is 8.89. The van der Waals surface area contributed by atoms with Gasteiger partial charge in [0.2, 0.25) is 0 Å². The first-order chi connectivity index (χ1) is 14.5. The Bertz CT molecular complexity index is 848. The van der Waals surface area contributed by atoms with E-state index in [1.807, 2.05) is 34.6 Å². The lowest BCUT2D eigenvalue weighted by Gasteiger charge is -2.45. The Morgan fingerprint density at radius 3 is 2.61 bits per heavy atom. The minimum Gasteiger partial charge on any atom is -0.443 e. The molecule has 0 N–H and O–H groups in total. The molecule has 31 heavy (non-hydrogen) atoms. The third-order valence-corrected chi connectivity index (χ3v) is 6.60. The molecule has 1 aromatic carbocycles. The van der Waals surface area contributed by atoms with Crippen molar-refractivity contribution in [3.05, 3.63) is 29.1 Å².